The topological polar surface area (TPSA) is 214 Å². The summed E-state index contributed by atoms with van der Waals surface area (Å²) in [5.74, 6) is -3.20. The van der Waals surface area contributed by atoms with Crippen molar-refractivity contribution >= 4 is 92.3 Å². The number of aliphatic carboxylic acids is 1. The van der Waals surface area contributed by atoms with Crippen LogP contribution in [0.5, 0.6) is 0 Å². The first-order chi connectivity index (χ1) is 16.6. The van der Waals surface area contributed by atoms with Crippen LogP contribution in [0.25, 0.3) is 0 Å². The molecule has 0 aromatic carbocycles. The number of thiazole rings is 2. The van der Waals surface area contributed by atoms with Gasteiger partial charge in [0.25, 0.3) is 11.8 Å². The summed E-state index contributed by atoms with van der Waals surface area (Å²) in [5, 5.41) is 25.5. The number of halogens is 1. The average Bonchev–Trinajstić information content (AvgIpc) is 3.36. The molecule has 0 unspecified atom stereocenters. The zero-order valence-corrected chi connectivity index (χ0v) is 21.2. The highest BCUT2D eigenvalue weighted by atomic mass is 35.5. The number of carbonyl (C=O) groups excluding carboxylic acids is 3. The fourth-order valence-corrected chi connectivity index (χ4v) is 7.64. The number of amides is 3. The Morgan fingerprint density at radius 1 is 1.37 bits per heavy atom. The molecule has 13 nitrogen and oxygen atoms in total. The maximum Gasteiger partial charge on any atom is 0.353 e. The van der Waals surface area contributed by atoms with Crippen molar-refractivity contribution in [2.75, 3.05) is 11.5 Å². The second-order valence-corrected chi connectivity index (χ2v) is 11.8. The van der Waals surface area contributed by atoms with Crippen molar-refractivity contribution in [1.29, 1.82) is 0 Å². The van der Waals surface area contributed by atoms with Gasteiger partial charge in [-0.15, -0.1) is 23.1 Å². The van der Waals surface area contributed by atoms with Crippen molar-refractivity contribution < 1.29 is 29.5 Å². The van der Waals surface area contributed by atoms with Crippen LogP contribution in [0.3, 0.4) is 0 Å². The lowest BCUT2D eigenvalue weighted by Crippen LogP contribution is -2.71. The van der Waals surface area contributed by atoms with Crippen LogP contribution in [-0.2, 0) is 25.6 Å². The number of rotatable bonds is 8. The van der Waals surface area contributed by atoms with Crippen LogP contribution in [0.4, 0.5) is 5.13 Å². The van der Waals surface area contributed by atoms with E-state index in [2.05, 4.69) is 20.4 Å². The number of thioether (sulfide) groups is 2. The third kappa shape index (κ3) is 4.94. The van der Waals surface area contributed by atoms with E-state index in [1.54, 1.807) is 5.38 Å². The monoisotopic (exact) mass is 575 g/mol. The normalized spacial score (nSPS) is 19.9. The van der Waals surface area contributed by atoms with Gasteiger partial charge < -0.3 is 27.1 Å². The Balaban J connectivity index is 1.51. The number of anilines is 1. The van der Waals surface area contributed by atoms with Crippen LogP contribution in [-0.4, -0.2) is 71.8 Å². The number of fused-ring (bicyclic) bond motifs is 1. The largest absolute Gasteiger partial charge is 0.477 e. The average molecular weight is 576 g/mol. The number of nitrogens with two attached hydrogens (primary N) is 2. The molecule has 184 valence electrons. The van der Waals surface area contributed by atoms with Crippen LogP contribution >= 0.6 is 57.8 Å². The Labute approximate surface area is 217 Å². The molecule has 2 aliphatic rings. The Bertz CT molecular complexity index is 1310. The number of nitrogens with one attached hydrogen (secondary N) is 1. The second kappa shape index (κ2) is 10.0. The molecule has 4 rings (SSSR count). The predicted octanol–water partition coefficient (Wildman–Crippen LogP) is 0.530. The molecular weight excluding hydrogens is 562 g/mol. The minimum Gasteiger partial charge on any atom is -0.477 e. The number of carboxylic acid groups (broad SMARTS) is 1. The maximum atomic E-state index is 12.9. The minimum atomic E-state index is -1.31. The number of nitrogen functional groups attached to an aromatic ring is 1. The van der Waals surface area contributed by atoms with E-state index in [9.17, 15) is 29.5 Å². The maximum absolute atomic E-state index is 12.9. The van der Waals surface area contributed by atoms with E-state index in [0.29, 0.717) is 14.9 Å². The molecule has 1 saturated heterocycles. The van der Waals surface area contributed by atoms with Crippen LogP contribution in [0, 0.1) is 0 Å². The van der Waals surface area contributed by atoms with Gasteiger partial charge in [0.05, 0.1) is 12.1 Å². The van der Waals surface area contributed by atoms with Crippen LogP contribution in [0.1, 0.15) is 11.4 Å². The lowest BCUT2D eigenvalue weighted by molar-refractivity contribution is -0.150. The number of nitrogens with zero attached hydrogens (tertiary/aromatic N) is 4. The standard InChI is InChI=1S/C17H14ClN7O6S4/c18-11-7(23-16(20)35-11)8(24-31)12(27)22-9-13(28)25-10(15(29)30)5(3-32-14(9)25)34-17-21-4(2-33-17)1-6(19)26/h2,9,14,31H,1,3H2,(H2,19,26)(H2,20,23)(H,22,27)(H,29,30)/b24-8-/t9-,14-/m1/s1. The molecule has 0 aliphatic carbocycles. The summed E-state index contributed by atoms with van der Waals surface area (Å²) >= 11 is 10.4. The molecule has 0 saturated carbocycles. The number of aromatic nitrogens is 2. The van der Waals surface area contributed by atoms with Crippen molar-refractivity contribution in [3.63, 3.8) is 0 Å². The molecule has 3 amide bonds. The van der Waals surface area contributed by atoms with E-state index in [0.717, 1.165) is 28.0 Å². The summed E-state index contributed by atoms with van der Waals surface area (Å²) in [6, 6.07) is -1.07. The Morgan fingerprint density at radius 2 is 2.11 bits per heavy atom. The fourth-order valence-electron chi connectivity index (χ4n) is 3.24. The van der Waals surface area contributed by atoms with E-state index >= 15 is 0 Å². The zero-order chi connectivity index (χ0) is 25.4. The lowest BCUT2D eigenvalue weighted by atomic mass is 10.0. The summed E-state index contributed by atoms with van der Waals surface area (Å²) in [7, 11) is 0. The van der Waals surface area contributed by atoms with Crippen molar-refractivity contribution in [1.82, 2.24) is 20.2 Å². The Kier molecular flexibility index (Phi) is 7.22. The van der Waals surface area contributed by atoms with Gasteiger partial charge in [-0.2, -0.15) is 0 Å². The van der Waals surface area contributed by atoms with Gasteiger partial charge >= 0.3 is 5.97 Å². The molecule has 2 aliphatic heterocycles. The van der Waals surface area contributed by atoms with Gasteiger partial charge in [-0.25, -0.2) is 14.8 Å². The molecule has 0 radical (unpaired) electrons. The molecule has 2 aromatic rings. The molecule has 7 N–H and O–H groups in total. The third-order valence-electron chi connectivity index (χ3n) is 4.66. The van der Waals surface area contributed by atoms with Crippen LogP contribution < -0.4 is 16.8 Å². The summed E-state index contributed by atoms with van der Waals surface area (Å²) < 4.78 is 0.521. The number of carboxylic acids is 1. The van der Waals surface area contributed by atoms with Crippen LogP contribution in [0.2, 0.25) is 4.34 Å². The number of hydrogen-bond acceptors (Lipinski definition) is 13. The van der Waals surface area contributed by atoms with Gasteiger partial charge in [0.15, 0.2) is 15.2 Å². The van der Waals surface area contributed by atoms with Gasteiger partial charge in [-0.3, -0.25) is 19.3 Å². The first-order valence-corrected chi connectivity index (χ1v) is 13.3. The highest BCUT2D eigenvalue weighted by Gasteiger charge is 2.54. The fraction of sp³-hybridized carbons (Fsp3) is 0.235. The molecule has 4 heterocycles. The van der Waals surface area contributed by atoms with Crippen molar-refractivity contribution in [2.24, 2.45) is 10.9 Å². The van der Waals surface area contributed by atoms with E-state index in [-0.39, 0.29) is 33.0 Å². The van der Waals surface area contributed by atoms with Gasteiger partial charge in [0.2, 0.25) is 5.91 Å². The van der Waals surface area contributed by atoms with Gasteiger partial charge in [-0.1, -0.05) is 39.9 Å². The van der Waals surface area contributed by atoms with E-state index in [4.69, 9.17) is 23.1 Å². The molecule has 2 aromatic heterocycles. The number of oxime groups is 1. The number of β-lactam (4-membered cyclic amide) rings is 1. The third-order valence-corrected chi connectivity index (χ3v) is 9.28. The van der Waals surface area contributed by atoms with E-state index in [1.165, 1.54) is 23.1 Å². The molecule has 35 heavy (non-hydrogen) atoms. The Morgan fingerprint density at radius 3 is 2.71 bits per heavy atom. The number of hydrogen-bond donors (Lipinski definition) is 5. The minimum absolute atomic E-state index is 0.0259. The first kappa shape index (κ1) is 25.2. The summed E-state index contributed by atoms with van der Waals surface area (Å²) in [6.07, 6.45) is -0.0391. The van der Waals surface area contributed by atoms with Crippen molar-refractivity contribution in [3.05, 3.63) is 31.7 Å². The molecular formula is C17H14ClN7O6S4. The molecule has 2 atom stereocenters. The predicted molar refractivity (Wildman–Crippen MR) is 130 cm³/mol. The smallest absolute Gasteiger partial charge is 0.353 e. The van der Waals surface area contributed by atoms with E-state index < -0.39 is 40.8 Å². The Hall–Kier alpha value is -2.86. The van der Waals surface area contributed by atoms with E-state index in [1.807, 2.05) is 0 Å². The van der Waals surface area contributed by atoms with Gasteiger partial charge in [-0.05, 0) is 0 Å². The van der Waals surface area contributed by atoms with Crippen molar-refractivity contribution in [3.8, 4) is 0 Å². The molecule has 0 spiro atoms. The first-order valence-electron chi connectivity index (χ1n) is 9.37. The van der Waals surface area contributed by atoms with Crippen LogP contribution in [0.15, 0.2) is 25.5 Å². The van der Waals surface area contributed by atoms with Gasteiger partial charge in [0.1, 0.15) is 27.1 Å². The highest BCUT2D eigenvalue weighted by molar-refractivity contribution is 8.07. The summed E-state index contributed by atoms with van der Waals surface area (Å²) in [6.45, 7) is 0. The lowest BCUT2D eigenvalue weighted by Gasteiger charge is -2.49. The zero-order valence-electron chi connectivity index (χ0n) is 17.1. The molecule has 18 heteroatoms. The molecule has 0 bridgehead atoms. The number of primary amides is 1. The molecule has 1 fully saturated rings. The second-order valence-electron chi connectivity index (χ2n) is 6.91. The van der Waals surface area contributed by atoms with Crippen molar-refractivity contribution in [2.45, 2.75) is 22.2 Å². The quantitative estimate of drug-likeness (QED) is 0.127. The van der Waals surface area contributed by atoms with Gasteiger partial charge in [0, 0.05) is 16.0 Å². The summed E-state index contributed by atoms with van der Waals surface area (Å²) in [5.41, 5.74) is 10.3. The number of carbonyl (C=O) groups is 4. The highest BCUT2D eigenvalue weighted by Crippen LogP contribution is 2.45. The SMILES string of the molecule is NC(=O)Cc1csc(SC2=C(C(=O)O)N3C(=O)[C@@H](NC(=O)/C(=N\O)c4nc(N)sc4Cl)[C@H]3SC2)n1. The summed E-state index contributed by atoms with van der Waals surface area (Å²) in [4.78, 5) is 58.2.